The van der Waals surface area contributed by atoms with E-state index in [9.17, 15) is 4.79 Å². The highest BCUT2D eigenvalue weighted by Gasteiger charge is 2.16. The average Bonchev–Trinajstić information content (AvgIpc) is 3.42. The molecule has 3 aromatic heterocycles. The molecule has 5 rings (SSSR count). The fourth-order valence-electron chi connectivity index (χ4n) is 3.36. The number of nitrogens with one attached hydrogen (secondary N) is 2. The summed E-state index contributed by atoms with van der Waals surface area (Å²) in [5, 5.41) is 10.7. The molecule has 0 aliphatic heterocycles. The number of H-pyrrole nitrogens is 1. The number of hydrogen-bond acceptors (Lipinski definition) is 7. The normalized spacial score (nSPS) is 9.45. The number of nitrogens with zero attached hydrogens (tertiary/aromatic N) is 3. The van der Waals surface area contributed by atoms with E-state index in [1.54, 1.807) is 18.6 Å². The lowest BCUT2D eigenvalue weighted by Crippen LogP contribution is -2.13. The van der Waals surface area contributed by atoms with Crippen LogP contribution in [0.3, 0.4) is 0 Å². The number of aromatic nitrogens is 4. The van der Waals surface area contributed by atoms with Crippen LogP contribution in [0.4, 0.5) is 5.69 Å². The lowest BCUT2D eigenvalue weighted by molar-refractivity contribution is -0.0987. The van der Waals surface area contributed by atoms with Gasteiger partial charge in [0.15, 0.2) is 5.69 Å². The lowest BCUT2D eigenvalue weighted by atomic mass is 10.0. The van der Waals surface area contributed by atoms with Crippen molar-refractivity contribution in [1.82, 2.24) is 20.2 Å². The summed E-state index contributed by atoms with van der Waals surface area (Å²) in [7, 11) is 0. The SMILES string of the molecule is C=O.C=O.CC.Cc1ccc(NC(=O)c2n[nH]c3ccc(-c4cncc(Oc5ccccc5)c4)cc23)cn1. The molecule has 0 aliphatic carbocycles. The Hall–Kier alpha value is -5.18. The van der Waals surface area contributed by atoms with Gasteiger partial charge in [0.25, 0.3) is 5.91 Å². The first-order chi connectivity index (χ1) is 18.7. The van der Waals surface area contributed by atoms with E-state index < -0.39 is 0 Å². The van der Waals surface area contributed by atoms with Crippen LogP contribution in [0.2, 0.25) is 0 Å². The Labute approximate surface area is 220 Å². The molecule has 2 aromatic carbocycles. The van der Waals surface area contributed by atoms with Gasteiger partial charge in [0.1, 0.15) is 25.1 Å². The van der Waals surface area contributed by atoms with Gasteiger partial charge in [-0.2, -0.15) is 5.10 Å². The zero-order chi connectivity index (χ0) is 27.9. The van der Waals surface area contributed by atoms with Gasteiger partial charge in [0.2, 0.25) is 0 Å². The summed E-state index contributed by atoms with van der Waals surface area (Å²) in [5.41, 5.74) is 4.34. The first kappa shape index (κ1) is 29.1. The van der Waals surface area contributed by atoms with Crippen LogP contribution in [0.5, 0.6) is 11.5 Å². The Morgan fingerprint density at radius 3 is 2.26 bits per heavy atom. The Morgan fingerprint density at radius 1 is 0.842 bits per heavy atom. The molecular weight excluding hydrogens is 482 g/mol. The average molecular weight is 512 g/mol. The minimum Gasteiger partial charge on any atom is -0.456 e. The molecule has 9 heteroatoms. The van der Waals surface area contributed by atoms with Crippen LogP contribution in [0, 0.1) is 6.92 Å². The number of aromatic amines is 1. The minimum absolute atomic E-state index is 0.307. The summed E-state index contributed by atoms with van der Waals surface area (Å²) in [6.45, 7) is 9.89. The van der Waals surface area contributed by atoms with Crippen molar-refractivity contribution in [3.05, 3.63) is 96.7 Å². The molecule has 0 atom stereocenters. The van der Waals surface area contributed by atoms with Crippen LogP contribution < -0.4 is 10.1 Å². The van der Waals surface area contributed by atoms with Gasteiger partial charge < -0.3 is 19.6 Å². The van der Waals surface area contributed by atoms with Crippen molar-refractivity contribution in [2.45, 2.75) is 20.8 Å². The van der Waals surface area contributed by atoms with Gasteiger partial charge in [-0.25, -0.2) is 0 Å². The first-order valence-electron chi connectivity index (χ1n) is 11.6. The molecule has 9 nitrogen and oxygen atoms in total. The number of amides is 1. The Bertz CT molecular complexity index is 1430. The number of benzene rings is 2. The summed E-state index contributed by atoms with van der Waals surface area (Å²) in [4.78, 5) is 37.3. The Morgan fingerprint density at radius 2 is 1.58 bits per heavy atom. The second-order valence-corrected chi connectivity index (χ2v) is 7.30. The van der Waals surface area contributed by atoms with E-state index in [1.807, 2.05) is 101 Å². The van der Waals surface area contributed by atoms with Gasteiger partial charge >= 0.3 is 0 Å². The van der Waals surface area contributed by atoms with Gasteiger partial charge in [-0.1, -0.05) is 38.1 Å². The van der Waals surface area contributed by atoms with Gasteiger partial charge in [0.05, 0.1) is 23.6 Å². The smallest absolute Gasteiger partial charge is 0.276 e. The molecule has 0 saturated carbocycles. The summed E-state index contributed by atoms with van der Waals surface area (Å²) in [5.74, 6) is 1.06. The maximum atomic E-state index is 12.8. The van der Waals surface area contributed by atoms with E-state index in [2.05, 4.69) is 25.5 Å². The number of ether oxygens (including phenoxy) is 1. The molecule has 194 valence electrons. The zero-order valence-electron chi connectivity index (χ0n) is 21.5. The molecule has 3 heterocycles. The van der Waals surface area contributed by atoms with Crippen LogP contribution in [-0.4, -0.2) is 39.7 Å². The predicted molar refractivity (Wildman–Crippen MR) is 148 cm³/mol. The number of anilines is 1. The van der Waals surface area contributed by atoms with Crippen molar-refractivity contribution in [2.75, 3.05) is 5.32 Å². The van der Waals surface area contributed by atoms with E-state index in [4.69, 9.17) is 14.3 Å². The van der Waals surface area contributed by atoms with E-state index in [0.29, 0.717) is 17.1 Å². The van der Waals surface area contributed by atoms with Crippen LogP contribution >= 0.6 is 0 Å². The highest BCUT2D eigenvalue weighted by molar-refractivity contribution is 6.11. The standard InChI is InChI=1S/C25H19N5O2.C2H6.2CH2O/c1-16-7-9-19(14-27-16)28-25(31)24-22-12-17(8-10-23(22)29-30-24)18-11-21(15-26-13-18)32-20-5-3-2-4-6-20;3*1-2/h2-15H,1H3,(H,28,31)(H,29,30);1-2H3;2*1H2. The van der Waals surface area contributed by atoms with E-state index in [-0.39, 0.29) is 5.91 Å². The second kappa shape index (κ2) is 15.0. The first-order valence-corrected chi connectivity index (χ1v) is 11.6. The van der Waals surface area contributed by atoms with Gasteiger partial charge in [-0.15, -0.1) is 0 Å². The molecule has 5 aromatic rings. The van der Waals surface area contributed by atoms with Crippen LogP contribution in [0.1, 0.15) is 30.0 Å². The molecule has 0 fully saturated rings. The quantitative estimate of drug-likeness (QED) is 0.295. The fraction of sp³-hybridized carbons (Fsp3) is 0.103. The number of aryl methyl sites for hydroxylation is 1. The monoisotopic (exact) mass is 511 g/mol. The van der Waals surface area contributed by atoms with Crippen LogP contribution in [-0.2, 0) is 9.59 Å². The van der Waals surface area contributed by atoms with Crippen LogP contribution in [0.15, 0.2) is 85.3 Å². The highest BCUT2D eigenvalue weighted by Crippen LogP contribution is 2.29. The van der Waals surface area contributed by atoms with Crippen molar-refractivity contribution in [3.8, 4) is 22.6 Å². The van der Waals surface area contributed by atoms with Crippen molar-refractivity contribution in [1.29, 1.82) is 0 Å². The van der Waals surface area contributed by atoms with Crippen molar-refractivity contribution in [3.63, 3.8) is 0 Å². The Kier molecular flexibility index (Phi) is 11.5. The number of carbonyl (C=O) groups is 3. The molecule has 0 aliphatic rings. The molecule has 0 radical (unpaired) electrons. The molecule has 2 N–H and O–H groups in total. The van der Waals surface area contributed by atoms with Crippen molar-refractivity contribution < 1.29 is 19.1 Å². The molecule has 38 heavy (non-hydrogen) atoms. The molecule has 0 spiro atoms. The molecule has 1 amide bonds. The van der Waals surface area contributed by atoms with Crippen molar-refractivity contribution >= 4 is 36.1 Å². The summed E-state index contributed by atoms with van der Waals surface area (Å²) < 4.78 is 5.90. The number of pyridine rings is 2. The van der Waals surface area contributed by atoms with E-state index in [0.717, 1.165) is 33.5 Å². The maximum Gasteiger partial charge on any atom is 0.276 e. The number of hydrogen-bond donors (Lipinski definition) is 2. The topological polar surface area (TPSA) is 127 Å². The Balaban J connectivity index is 0.000000791. The van der Waals surface area contributed by atoms with E-state index >= 15 is 0 Å². The van der Waals surface area contributed by atoms with Crippen LogP contribution in [0.25, 0.3) is 22.0 Å². The summed E-state index contributed by atoms with van der Waals surface area (Å²) in [6.07, 6.45) is 5.05. The van der Waals surface area contributed by atoms with Gasteiger partial charge in [0, 0.05) is 22.8 Å². The number of fused-ring (bicyclic) bond motifs is 1. The highest BCUT2D eigenvalue weighted by atomic mass is 16.5. The third-order valence-electron chi connectivity index (χ3n) is 4.97. The third-order valence-corrected chi connectivity index (χ3v) is 4.97. The van der Waals surface area contributed by atoms with E-state index in [1.165, 1.54) is 0 Å². The summed E-state index contributed by atoms with van der Waals surface area (Å²) in [6, 6.07) is 20.9. The third kappa shape index (κ3) is 7.41. The van der Waals surface area contributed by atoms with Gasteiger partial charge in [-0.05, 0) is 55.0 Å². The molecular formula is C29H29N5O4. The minimum atomic E-state index is -0.307. The van der Waals surface area contributed by atoms with Gasteiger partial charge in [-0.3, -0.25) is 19.9 Å². The van der Waals surface area contributed by atoms with Crippen molar-refractivity contribution in [2.24, 2.45) is 0 Å². The molecule has 0 saturated heterocycles. The maximum absolute atomic E-state index is 12.8. The zero-order valence-corrected chi connectivity index (χ0v) is 21.5. The lowest BCUT2D eigenvalue weighted by Gasteiger charge is -2.08. The molecule has 0 bridgehead atoms. The predicted octanol–water partition coefficient (Wildman–Crippen LogP) is 6.03. The second-order valence-electron chi connectivity index (χ2n) is 7.30. The largest absolute Gasteiger partial charge is 0.456 e. The number of para-hydroxylation sites is 1. The summed E-state index contributed by atoms with van der Waals surface area (Å²) >= 11 is 0. The number of carbonyl (C=O) groups excluding carboxylic acids is 3. The molecule has 0 unspecified atom stereocenters. The number of rotatable bonds is 5. The fourth-order valence-corrected chi connectivity index (χ4v) is 3.36.